The first-order valence-corrected chi connectivity index (χ1v) is 8.85. The van der Waals surface area contributed by atoms with Gasteiger partial charge in [0, 0.05) is 20.1 Å². The molecule has 1 atom stereocenters. The molecule has 1 heterocycles. The molecule has 0 bridgehead atoms. The van der Waals surface area contributed by atoms with Crippen molar-refractivity contribution in [2.75, 3.05) is 20.2 Å². The molecule has 0 aliphatic rings. The van der Waals surface area contributed by atoms with E-state index in [4.69, 9.17) is 4.74 Å². The number of rotatable bonds is 7. The second-order valence-corrected chi connectivity index (χ2v) is 6.12. The van der Waals surface area contributed by atoms with Crippen molar-refractivity contribution < 1.29 is 4.74 Å². The van der Waals surface area contributed by atoms with Gasteiger partial charge in [-0.15, -0.1) is 0 Å². The van der Waals surface area contributed by atoms with E-state index in [0.717, 1.165) is 18.3 Å². The number of ether oxygens (including phenoxy) is 1. The maximum atomic E-state index is 5.53. The molecule has 2 aromatic rings. The number of thiophene rings is 1. The lowest BCUT2D eigenvalue weighted by atomic mass is 10.1. The van der Waals surface area contributed by atoms with Crippen molar-refractivity contribution in [3.05, 3.63) is 52.2 Å². The Balaban J connectivity index is 1.82. The molecule has 5 heteroatoms. The van der Waals surface area contributed by atoms with Gasteiger partial charge in [0.1, 0.15) is 5.75 Å². The zero-order valence-electron chi connectivity index (χ0n) is 14.0. The highest BCUT2D eigenvalue weighted by Gasteiger charge is 2.07. The fourth-order valence-corrected chi connectivity index (χ4v) is 3.02. The van der Waals surface area contributed by atoms with Crippen LogP contribution in [-0.4, -0.2) is 26.2 Å². The SMILES string of the molecule is CCOc1cccc(CNC(=NC)NCC(C)c2ccsc2)c1. The summed E-state index contributed by atoms with van der Waals surface area (Å²) in [5, 5.41) is 11.0. The van der Waals surface area contributed by atoms with E-state index in [2.05, 4.69) is 51.5 Å². The minimum atomic E-state index is 0.459. The molecule has 1 aromatic heterocycles. The van der Waals surface area contributed by atoms with Crippen LogP contribution in [0, 0.1) is 0 Å². The maximum absolute atomic E-state index is 5.53. The van der Waals surface area contributed by atoms with Crippen LogP contribution >= 0.6 is 11.3 Å². The highest BCUT2D eigenvalue weighted by Crippen LogP contribution is 2.17. The first-order chi connectivity index (χ1) is 11.2. The van der Waals surface area contributed by atoms with Crippen LogP contribution in [0.1, 0.15) is 30.9 Å². The van der Waals surface area contributed by atoms with E-state index in [9.17, 15) is 0 Å². The molecule has 4 nitrogen and oxygen atoms in total. The number of benzene rings is 1. The lowest BCUT2D eigenvalue weighted by Gasteiger charge is -2.15. The standard InChI is InChI=1S/C18H25N3OS/c1-4-22-17-7-5-6-15(10-17)12-21-18(19-3)20-11-14(2)16-8-9-23-13-16/h5-10,13-14H,4,11-12H2,1-3H3,(H2,19,20,21). The van der Waals surface area contributed by atoms with Crippen molar-refractivity contribution in [3.63, 3.8) is 0 Å². The summed E-state index contributed by atoms with van der Waals surface area (Å²) >= 11 is 1.74. The zero-order valence-corrected chi connectivity index (χ0v) is 14.8. The molecule has 0 radical (unpaired) electrons. The van der Waals surface area contributed by atoms with Crippen LogP contribution in [0.5, 0.6) is 5.75 Å². The second-order valence-electron chi connectivity index (χ2n) is 5.34. The van der Waals surface area contributed by atoms with E-state index < -0.39 is 0 Å². The third-order valence-electron chi connectivity index (χ3n) is 3.58. The Morgan fingerprint density at radius 1 is 1.30 bits per heavy atom. The normalized spacial score (nSPS) is 12.7. The van der Waals surface area contributed by atoms with Crippen molar-refractivity contribution in [2.24, 2.45) is 4.99 Å². The first kappa shape index (κ1) is 17.3. The third-order valence-corrected chi connectivity index (χ3v) is 4.28. The predicted octanol–water partition coefficient (Wildman–Crippen LogP) is 3.62. The molecule has 0 aliphatic carbocycles. The minimum absolute atomic E-state index is 0.459. The van der Waals surface area contributed by atoms with Crippen molar-refractivity contribution in [1.82, 2.24) is 10.6 Å². The number of hydrogen-bond donors (Lipinski definition) is 2. The largest absolute Gasteiger partial charge is 0.494 e. The fourth-order valence-electron chi connectivity index (χ4n) is 2.24. The van der Waals surface area contributed by atoms with Gasteiger partial charge in [-0.25, -0.2) is 0 Å². The monoisotopic (exact) mass is 331 g/mol. The summed E-state index contributed by atoms with van der Waals surface area (Å²) in [5.74, 6) is 2.18. The van der Waals surface area contributed by atoms with Gasteiger partial charge in [-0.1, -0.05) is 19.1 Å². The first-order valence-electron chi connectivity index (χ1n) is 7.91. The van der Waals surface area contributed by atoms with Crippen LogP contribution in [0.15, 0.2) is 46.1 Å². The quantitative estimate of drug-likeness (QED) is 0.602. The number of nitrogens with one attached hydrogen (secondary N) is 2. The molecular formula is C18H25N3OS. The molecule has 2 N–H and O–H groups in total. The van der Waals surface area contributed by atoms with E-state index in [0.29, 0.717) is 19.1 Å². The fraction of sp³-hybridized carbons (Fsp3) is 0.389. The zero-order chi connectivity index (χ0) is 16.5. The molecule has 0 aliphatic heterocycles. The Morgan fingerprint density at radius 2 is 2.17 bits per heavy atom. The molecule has 0 spiro atoms. The molecule has 2 rings (SSSR count). The van der Waals surface area contributed by atoms with E-state index >= 15 is 0 Å². The van der Waals surface area contributed by atoms with Gasteiger partial charge in [0.2, 0.25) is 0 Å². The Bertz CT molecular complexity index is 610. The Labute approximate surface area is 142 Å². The Hall–Kier alpha value is -2.01. The van der Waals surface area contributed by atoms with E-state index in [1.807, 2.05) is 19.1 Å². The van der Waals surface area contributed by atoms with Gasteiger partial charge < -0.3 is 15.4 Å². The minimum Gasteiger partial charge on any atom is -0.494 e. The van der Waals surface area contributed by atoms with Gasteiger partial charge in [-0.3, -0.25) is 4.99 Å². The Morgan fingerprint density at radius 3 is 2.87 bits per heavy atom. The van der Waals surface area contributed by atoms with Crippen molar-refractivity contribution in [3.8, 4) is 5.75 Å². The molecular weight excluding hydrogens is 306 g/mol. The molecule has 124 valence electrons. The van der Waals surface area contributed by atoms with Crippen molar-refractivity contribution in [1.29, 1.82) is 0 Å². The van der Waals surface area contributed by atoms with Gasteiger partial charge in [0.15, 0.2) is 5.96 Å². The summed E-state index contributed by atoms with van der Waals surface area (Å²) < 4.78 is 5.53. The van der Waals surface area contributed by atoms with Crippen LogP contribution in [-0.2, 0) is 6.54 Å². The predicted molar refractivity (Wildman–Crippen MR) is 98.5 cm³/mol. The maximum Gasteiger partial charge on any atom is 0.191 e. The molecule has 23 heavy (non-hydrogen) atoms. The van der Waals surface area contributed by atoms with Gasteiger partial charge >= 0.3 is 0 Å². The molecule has 1 aromatic carbocycles. The lowest BCUT2D eigenvalue weighted by Crippen LogP contribution is -2.38. The van der Waals surface area contributed by atoms with E-state index in [1.165, 1.54) is 11.1 Å². The molecule has 1 unspecified atom stereocenters. The second kappa shape index (κ2) is 9.20. The van der Waals surface area contributed by atoms with Crippen LogP contribution in [0.4, 0.5) is 0 Å². The topological polar surface area (TPSA) is 45.6 Å². The summed E-state index contributed by atoms with van der Waals surface area (Å²) in [6, 6.07) is 10.3. The highest BCUT2D eigenvalue weighted by atomic mass is 32.1. The Kier molecular flexibility index (Phi) is 6.94. The van der Waals surface area contributed by atoms with Crippen molar-refractivity contribution in [2.45, 2.75) is 26.3 Å². The summed E-state index contributed by atoms with van der Waals surface area (Å²) in [4.78, 5) is 4.28. The number of guanidine groups is 1. The average molecular weight is 331 g/mol. The van der Waals surface area contributed by atoms with E-state index in [-0.39, 0.29) is 0 Å². The molecule has 0 saturated heterocycles. The van der Waals surface area contributed by atoms with Gasteiger partial charge in [0.25, 0.3) is 0 Å². The van der Waals surface area contributed by atoms with Crippen molar-refractivity contribution >= 4 is 17.3 Å². The highest BCUT2D eigenvalue weighted by molar-refractivity contribution is 7.07. The third kappa shape index (κ3) is 5.60. The number of hydrogen-bond acceptors (Lipinski definition) is 3. The smallest absolute Gasteiger partial charge is 0.191 e. The summed E-state index contributed by atoms with van der Waals surface area (Å²) in [7, 11) is 1.79. The average Bonchev–Trinajstić information content (AvgIpc) is 3.10. The number of nitrogens with zero attached hydrogens (tertiary/aromatic N) is 1. The molecule has 0 amide bonds. The molecule has 0 fully saturated rings. The van der Waals surface area contributed by atoms with Gasteiger partial charge in [-0.05, 0) is 52.9 Å². The van der Waals surface area contributed by atoms with Gasteiger partial charge in [-0.2, -0.15) is 11.3 Å². The van der Waals surface area contributed by atoms with Crippen LogP contribution < -0.4 is 15.4 Å². The van der Waals surface area contributed by atoms with Crippen LogP contribution in [0.3, 0.4) is 0 Å². The van der Waals surface area contributed by atoms with Crippen LogP contribution in [0.25, 0.3) is 0 Å². The molecule has 0 saturated carbocycles. The lowest BCUT2D eigenvalue weighted by molar-refractivity contribution is 0.340. The van der Waals surface area contributed by atoms with Crippen LogP contribution in [0.2, 0.25) is 0 Å². The van der Waals surface area contributed by atoms with E-state index in [1.54, 1.807) is 18.4 Å². The van der Waals surface area contributed by atoms with Gasteiger partial charge in [0.05, 0.1) is 6.61 Å². The summed E-state index contributed by atoms with van der Waals surface area (Å²) in [6.07, 6.45) is 0. The summed E-state index contributed by atoms with van der Waals surface area (Å²) in [6.45, 7) is 6.46. The summed E-state index contributed by atoms with van der Waals surface area (Å²) in [5.41, 5.74) is 2.53. The number of aliphatic imine (C=N–C) groups is 1.